The van der Waals surface area contributed by atoms with Gasteiger partial charge in [-0.1, -0.05) is 19.9 Å². The van der Waals surface area contributed by atoms with Gasteiger partial charge in [-0.3, -0.25) is 0 Å². The van der Waals surface area contributed by atoms with E-state index in [0.29, 0.717) is 18.3 Å². The first-order valence-corrected chi connectivity index (χ1v) is 18.0. The summed E-state index contributed by atoms with van der Waals surface area (Å²) in [6.45, 7) is 5.99. The molecule has 0 spiro atoms. The average molecular weight is 695 g/mol. The van der Waals surface area contributed by atoms with E-state index in [1.165, 1.54) is 7.11 Å². The van der Waals surface area contributed by atoms with Crippen molar-refractivity contribution in [3.8, 4) is 0 Å². The van der Waals surface area contributed by atoms with Crippen molar-refractivity contribution in [2.45, 2.75) is 145 Å². The predicted molar refractivity (Wildman–Crippen MR) is 170 cm³/mol. The Labute approximate surface area is 287 Å². The molecule has 7 aliphatic rings. The van der Waals surface area contributed by atoms with E-state index in [9.17, 15) is 35.4 Å². The van der Waals surface area contributed by atoms with E-state index in [-0.39, 0.29) is 30.0 Å². The molecule has 3 saturated carbocycles. The second-order valence-electron chi connectivity index (χ2n) is 16.1. The Morgan fingerprint density at radius 1 is 0.898 bits per heavy atom. The van der Waals surface area contributed by atoms with Crippen LogP contribution in [0.4, 0.5) is 0 Å². The Bertz CT molecular complexity index is 1320. The van der Waals surface area contributed by atoms with Gasteiger partial charge in [-0.25, -0.2) is 4.79 Å². The molecule has 0 unspecified atom stereocenters. The van der Waals surface area contributed by atoms with Crippen LogP contribution >= 0.6 is 0 Å². The normalized spacial score (nSPS) is 52.8. The Kier molecular flexibility index (Phi) is 9.65. The fourth-order valence-electron chi connectivity index (χ4n) is 11.0. The number of hydrogen-bond donors (Lipinski definition) is 6. The van der Waals surface area contributed by atoms with Gasteiger partial charge in [0, 0.05) is 24.2 Å². The molecule has 17 atom stereocenters. The molecule has 3 heterocycles. The molecule has 13 nitrogen and oxygen atoms in total. The lowest BCUT2D eigenvalue weighted by Gasteiger charge is -2.63. The van der Waals surface area contributed by atoms with Crippen LogP contribution in [0, 0.1) is 28.6 Å². The molecule has 49 heavy (non-hydrogen) atoms. The summed E-state index contributed by atoms with van der Waals surface area (Å²) >= 11 is 0. The Morgan fingerprint density at radius 2 is 1.65 bits per heavy atom. The lowest BCUT2D eigenvalue weighted by atomic mass is 9.43. The predicted octanol–water partition coefficient (Wildman–Crippen LogP) is 0.855. The zero-order valence-corrected chi connectivity index (χ0v) is 28.8. The fraction of sp³-hybridized carbons (Fsp3) is 0.861. The van der Waals surface area contributed by atoms with E-state index < -0.39 is 79.0 Å². The third-order valence-corrected chi connectivity index (χ3v) is 13.9. The number of fused-ring (bicyclic) bond motifs is 5. The largest absolute Gasteiger partial charge is 0.458 e. The van der Waals surface area contributed by atoms with E-state index in [1.807, 2.05) is 0 Å². The van der Waals surface area contributed by atoms with Gasteiger partial charge >= 0.3 is 5.97 Å². The fourth-order valence-corrected chi connectivity index (χ4v) is 11.0. The number of esters is 1. The Morgan fingerprint density at radius 3 is 2.35 bits per heavy atom. The maximum Gasteiger partial charge on any atom is 0.331 e. The van der Waals surface area contributed by atoms with Gasteiger partial charge in [-0.15, -0.1) is 0 Å². The second kappa shape index (κ2) is 13.2. The summed E-state index contributed by atoms with van der Waals surface area (Å²) in [7, 11) is 1.43. The summed E-state index contributed by atoms with van der Waals surface area (Å²) in [5, 5.41) is 64.3. The number of aliphatic hydroxyl groups excluding tert-OH is 5. The highest BCUT2D eigenvalue weighted by Crippen LogP contribution is 2.68. The highest BCUT2D eigenvalue weighted by Gasteiger charge is 2.66. The first-order chi connectivity index (χ1) is 23.3. The third kappa shape index (κ3) is 5.67. The summed E-state index contributed by atoms with van der Waals surface area (Å²) in [4.78, 5) is 11.9. The quantitative estimate of drug-likeness (QED) is 0.163. The Hall–Kier alpha value is -1.49. The molecule has 5 fully saturated rings. The highest BCUT2D eigenvalue weighted by molar-refractivity contribution is 5.86. The number of aliphatic hydroxyl groups is 6. The van der Waals surface area contributed by atoms with Gasteiger partial charge in [-0.2, -0.15) is 0 Å². The Balaban J connectivity index is 0.991. The van der Waals surface area contributed by atoms with Crippen LogP contribution in [-0.2, 0) is 33.2 Å². The summed E-state index contributed by atoms with van der Waals surface area (Å²) in [5.41, 5.74) is 0.749. The van der Waals surface area contributed by atoms with Gasteiger partial charge in [-0.05, 0) is 87.0 Å². The number of carbonyl (C=O) groups is 1. The van der Waals surface area contributed by atoms with Crippen LogP contribution in [-0.4, -0.2) is 130 Å². The molecule has 4 aliphatic carbocycles. The molecule has 7 rings (SSSR count). The maximum atomic E-state index is 12.5. The van der Waals surface area contributed by atoms with Gasteiger partial charge in [0.2, 0.25) is 0 Å². The molecule has 3 aliphatic heterocycles. The molecule has 276 valence electrons. The van der Waals surface area contributed by atoms with Crippen molar-refractivity contribution in [3.05, 3.63) is 23.3 Å². The minimum atomic E-state index is -1.60. The summed E-state index contributed by atoms with van der Waals surface area (Å²) in [6, 6.07) is 0. The SMILES string of the molecule is CO[C@@H]1[C@@H](O)[C@H](O[C@H]2CC[C@@]3(C)[C@H](CC[C@@H]4[C@@H]3CC[C@]3(C)C(C5=CC(=O)OC5)=CC[C@]43O)C2)O[C@@H](C)[C@@H]1O[C@@H]1O[C@H](CO)[C@@H](O)[C@H](O)[C@H]1O. The van der Waals surface area contributed by atoms with Crippen LogP contribution in [0.3, 0.4) is 0 Å². The van der Waals surface area contributed by atoms with Gasteiger partial charge in [0.15, 0.2) is 12.6 Å². The second-order valence-corrected chi connectivity index (χ2v) is 16.1. The van der Waals surface area contributed by atoms with Gasteiger partial charge < -0.3 is 59.1 Å². The molecule has 0 aromatic rings. The smallest absolute Gasteiger partial charge is 0.331 e. The van der Waals surface area contributed by atoms with Crippen molar-refractivity contribution in [3.63, 3.8) is 0 Å². The average Bonchev–Trinajstić information content (AvgIpc) is 3.62. The topological polar surface area (TPSA) is 194 Å². The maximum absolute atomic E-state index is 12.5. The lowest BCUT2D eigenvalue weighted by Crippen LogP contribution is -2.64. The standard InChI is InChI=1S/C36H54O13/c1-17-30(49-32-28(41)27(40)26(39)24(15-37)48-32)31(44-4)29(42)33(46-17)47-20-7-10-34(2)19(14-20)5-6-23-22(34)8-11-35(3)21(9-12-36(23,35)43)18-13-25(38)45-16-18/h9,13,17,19-20,22-24,26-33,37,39-43H,5-8,10-12,14-16H2,1-4H3/t17-,19+,20-,22-,23+,24+,26+,27-,28+,29+,30-,31+,32-,33-,34-,35+,36-/m0/s1. The van der Waals surface area contributed by atoms with Crippen molar-refractivity contribution in [1.29, 1.82) is 0 Å². The minimum absolute atomic E-state index is 0.0347. The number of ether oxygens (including phenoxy) is 6. The molecule has 0 bridgehead atoms. The monoisotopic (exact) mass is 694 g/mol. The van der Waals surface area contributed by atoms with E-state index in [2.05, 4.69) is 19.9 Å². The number of methoxy groups -OCH3 is 1. The van der Waals surface area contributed by atoms with Crippen molar-refractivity contribution >= 4 is 5.97 Å². The van der Waals surface area contributed by atoms with Crippen molar-refractivity contribution in [2.24, 2.45) is 28.6 Å². The molecule has 0 aromatic heterocycles. The lowest BCUT2D eigenvalue weighted by molar-refractivity contribution is -0.362. The molecular formula is C36H54O13. The molecule has 6 N–H and O–H groups in total. The number of hydrogen-bond acceptors (Lipinski definition) is 13. The van der Waals surface area contributed by atoms with Crippen molar-refractivity contribution in [1.82, 2.24) is 0 Å². The number of cyclic esters (lactones) is 1. The van der Waals surface area contributed by atoms with Crippen molar-refractivity contribution < 1.29 is 63.9 Å². The van der Waals surface area contributed by atoms with E-state index >= 15 is 0 Å². The first-order valence-electron chi connectivity index (χ1n) is 18.0. The zero-order chi connectivity index (χ0) is 35.0. The molecule has 2 saturated heterocycles. The minimum Gasteiger partial charge on any atom is -0.458 e. The van der Waals surface area contributed by atoms with Crippen molar-refractivity contribution in [2.75, 3.05) is 20.3 Å². The van der Waals surface area contributed by atoms with Crippen LogP contribution in [0.15, 0.2) is 23.3 Å². The van der Waals surface area contributed by atoms with Gasteiger partial charge in [0.25, 0.3) is 0 Å². The molecular weight excluding hydrogens is 640 g/mol. The summed E-state index contributed by atoms with van der Waals surface area (Å²) in [5.74, 6) is 0.597. The van der Waals surface area contributed by atoms with Crippen LogP contribution in [0.1, 0.15) is 72.1 Å². The van der Waals surface area contributed by atoms with E-state index in [1.54, 1.807) is 13.0 Å². The third-order valence-electron chi connectivity index (χ3n) is 13.9. The van der Waals surface area contributed by atoms with E-state index in [4.69, 9.17) is 28.4 Å². The molecule has 0 amide bonds. The number of rotatable bonds is 7. The zero-order valence-electron chi connectivity index (χ0n) is 28.8. The molecule has 0 aromatic carbocycles. The molecule has 13 heteroatoms. The summed E-state index contributed by atoms with van der Waals surface area (Å²) < 4.78 is 35.0. The van der Waals surface area contributed by atoms with Gasteiger partial charge in [0.05, 0.1) is 24.4 Å². The highest BCUT2D eigenvalue weighted by atomic mass is 16.7. The summed E-state index contributed by atoms with van der Waals surface area (Å²) in [6.07, 6.45) is -1.52. The van der Waals surface area contributed by atoms with Crippen LogP contribution < -0.4 is 0 Å². The molecule has 0 radical (unpaired) electrons. The van der Waals surface area contributed by atoms with E-state index in [0.717, 1.165) is 56.1 Å². The van der Waals surface area contributed by atoms with Crippen LogP contribution in [0.5, 0.6) is 0 Å². The van der Waals surface area contributed by atoms with Gasteiger partial charge in [0.1, 0.15) is 49.3 Å². The van der Waals surface area contributed by atoms with Crippen LogP contribution in [0.25, 0.3) is 0 Å². The van der Waals surface area contributed by atoms with Crippen LogP contribution in [0.2, 0.25) is 0 Å². The number of carbonyl (C=O) groups excluding carboxylic acids is 1. The first kappa shape index (κ1) is 35.9.